The maximum atomic E-state index is 0. The summed E-state index contributed by atoms with van der Waals surface area (Å²) in [7, 11) is 0. The first kappa shape index (κ1) is 69.3. The zero-order valence-corrected chi connectivity index (χ0v) is 5.48. The second-order valence-corrected chi connectivity index (χ2v) is 0. The Kier molecular flexibility index (Phi) is 538. The molecule has 0 saturated heterocycles. The van der Waals surface area contributed by atoms with Crippen LogP contribution in [0.4, 0.5) is 0 Å². The van der Waals surface area contributed by atoms with E-state index in [1.165, 1.54) is 0 Å². The van der Waals surface area contributed by atoms with Crippen molar-refractivity contribution in [2.24, 2.45) is 0 Å². The van der Waals surface area contributed by atoms with E-state index in [4.69, 9.17) is 0 Å². The van der Waals surface area contributed by atoms with Gasteiger partial charge in [-0.25, -0.2) is 0 Å². The van der Waals surface area contributed by atoms with Crippen LogP contribution >= 0.6 is 0 Å². The van der Waals surface area contributed by atoms with E-state index in [2.05, 4.69) is 0 Å². The summed E-state index contributed by atoms with van der Waals surface area (Å²) in [5.74, 6) is 0. The van der Waals surface area contributed by atoms with Crippen LogP contribution in [0.5, 0.6) is 0 Å². The summed E-state index contributed by atoms with van der Waals surface area (Å²) < 4.78 is 0. The van der Waals surface area contributed by atoms with E-state index < -0.39 is 0 Å². The summed E-state index contributed by atoms with van der Waals surface area (Å²) in [6.07, 6.45) is 0. The minimum atomic E-state index is 0. The zero-order chi connectivity index (χ0) is 0. The first-order chi connectivity index (χ1) is 0. The van der Waals surface area contributed by atoms with Crippen molar-refractivity contribution in [3.63, 3.8) is 0 Å². The van der Waals surface area contributed by atoms with Crippen LogP contribution in [0.1, 0.15) is 0 Å². The van der Waals surface area contributed by atoms with Gasteiger partial charge in [-0.15, -0.1) is 0 Å². The third-order valence-corrected chi connectivity index (χ3v) is 0. The van der Waals surface area contributed by atoms with Crippen molar-refractivity contribution < 1.29 is 113 Å². The van der Waals surface area contributed by atoms with Crippen molar-refractivity contribution in [1.29, 1.82) is 0 Å². The SMILES string of the molecule is [F-].[F-].[F-].[F-].[Yb+3].[Yb+3]. The van der Waals surface area contributed by atoms with E-state index >= 15 is 0 Å². The summed E-state index contributed by atoms with van der Waals surface area (Å²) in [4.78, 5) is 0. The molecule has 0 aliphatic heterocycles. The Morgan fingerprint density at radius 2 is 0.333 bits per heavy atom. The standard InChI is InChI=1S/4FH.2Yb/h4*1H;;/q;;;;2*+3/p-4. The zero-order valence-electron chi connectivity index (χ0n) is 2.05. The smallest absolute Gasteiger partial charge is 1.00 e. The predicted octanol–water partition coefficient (Wildman–Crippen LogP) is -12.0. The molecule has 0 spiro atoms. The van der Waals surface area contributed by atoms with Gasteiger partial charge in [0.15, 0.2) is 0 Å². The van der Waals surface area contributed by atoms with Crippen LogP contribution in [-0.2, 0) is 0 Å². The minimum Gasteiger partial charge on any atom is -1.00 e. The molecular weight excluding hydrogens is 422 g/mol. The van der Waals surface area contributed by atoms with Gasteiger partial charge in [0.2, 0.25) is 0 Å². The van der Waals surface area contributed by atoms with Gasteiger partial charge in [-0.3, -0.25) is 0 Å². The normalized spacial score (nSPS) is 0. The van der Waals surface area contributed by atoms with Gasteiger partial charge in [-0.05, 0) is 0 Å². The molecule has 0 rings (SSSR count). The van der Waals surface area contributed by atoms with E-state index in [9.17, 15) is 0 Å². The molecule has 0 nitrogen and oxygen atoms in total. The molecule has 0 bridgehead atoms. The molecule has 0 aliphatic rings. The fraction of sp³-hybridized carbons (Fsp3) is 0. The van der Waals surface area contributed by atoms with E-state index in [-0.39, 0.29) is 113 Å². The third-order valence-electron chi connectivity index (χ3n) is 0. The Bertz CT molecular complexity index is 5.51. The van der Waals surface area contributed by atoms with Gasteiger partial charge in [0.1, 0.15) is 0 Å². The molecule has 0 aliphatic carbocycles. The Hall–Kier alpha value is 2.76. The Morgan fingerprint density at radius 1 is 0.333 bits per heavy atom. The third kappa shape index (κ3) is 29.4. The van der Waals surface area contributed by atoms with Crippen LogP contribution in [0.25, 0.3) is 0 Å². The van der Waals surface area contributed by atoms with Crippen LogP contribution in [0.3, 0.4) is 0 Å². The van der Waals surface area contributed by atoms with Crippen molar-refractivity contribution in [2.45, 2.75) is 0 Å². The molecule has 0 aromatic rings. The molecular formula is F4Yb2+2. The molecule has 6 heteroatoms. The molecule has 0 heterocycles. The molecule has 0 amide bonds. The van der Waals surface area contributed by atoms with Crippen molar-refractivity contribution in [1.82, 2.24) is 0 Å². The Labute approximate surface area is 110 Å². The molecule has 2 radical (unpaired) electrons. The first-order valence-electron chi connectivity index (χ1n) is 0. The van der Waals surface area contributed by atoms with Crippen LogP contribution in [0.2, 0.25) is 0 Å². The van der Waals surface area contributed by atoms with Gasteiger partial charge in [0.25, 0.3) is 0 Å². The summed E-state index contributed by atoms with van der Waals surface area (Å²) in [6, 6.07) is 0. The number of hydrogen-bond donors (Lipinski definition) is 0. The molecule has 0 atom stereocenters. The predicted molar refractivity (Wildman–Crippen MR) is 0 cm³/mol. The molecule has 54 valence electrons. The van der Waals surface area contributed by atoms with Crippen LogP contribution in [-0.4, -0.2) is 0 Å². The van der Waals surface area contributed by atoms with E-state index in [0.29, 0.717) is 0 Å². The average molecular weight is 422 g/mol. The monoisotopic (exact) mass is 424 g/mol. The number of hydrogen-bond acceptors (Lipinski definition) is 0. The number of halogens is 4. The van der Waals surface area contributed by atoms with E-state index in [1.54, 1.807) is 0 Å². The van der Waals surface area contributed by atoms with Crippen molar-refractivity contribution in [3.05, 3.63) is 0 Å². The summed E-state index contributed by atoms with van der Waals surface area (Å²) in [5, 5.41) is 0. The topological polar surface area (TPSA) is 0 Å². The second kappa shape index (κ2) is 46.6. The van der Waals surface area contributed by atoms with E-state index in [0.717, 1.165) is 0 Å². The Morgan fingerprint density at radius 3 is 0.333 bits per heavy atom. The largest absolute Gasteiger partial charge is 3.00 e. The van der Waals surface area contributed by atoms with Crippen LogP contribution in [0.15, 0.2) is 0 Å². The van der Waals surface area contributed by atoms with E-state index in [1.807, 2.05) is 0 Å². The maximum absolute atomic E-state index is 0. The second-order valence-electron chi connectivity index (χ2n) is 0. The fourth-order valence-electron chi connectivity index (χ4n) is 0. The average Bonchev–Trinajstić information content (AvgIpc) is 0. The Balaban J connectivity index is 0. The summed E-state index contributed by atoms with van der Waals surface area (Å²) in [6.45, 7) is 0. The maximum Gasteiger partial charge on any atom is 3.00 e. The van der Waals surface area contributed by atoms with Gasteiger partial charge < -0.3 is 18.8 Å². The van der Waals surface area contributed by atoms with Crippen molar-refractivity contribution in [2.75, 3.05) is 0 Å². The molecule has 6 heavy (non-hydrogen) atoms. The molecule has 0 aromatic carbocycles. The first-order valence-corrected chi connectivity index (χ1v) is 0. The summed E-state index contributed by atoms with van der Waals surface area (Å²) >= 11 is 0. The van der Waals surface area contributed by atoms with Crippen LogP contribution < -0.4 is 18.8 Å². The van der Waals surface area contributed by atoms with Gasteiger partial charge in [-0.1, -0.05) is 0 Å². The summed E-state index contributed by atoms with van der Waals surface area (Å²) in [5.41, 5.74) is 0. The van der Waals surface area contributed by atoms with Gasteiger partial charge in [0.05, 0.1) is 0 Å². The van der Waals surface area contributed by atoms with Gasteiger partial charge in [-0.2, -0.15) is 0 Å². The minimum absolute atomic E-state index is 0. The molecule has 0 aromatic heterocycles. The molecule has 0 unspecified atom stereocenters. The van der Waals surface area contributed by atoms with Gasteiger partial charge >= 0.3 is 93.8 Å². The van der Waals surface area contributed by atoms with Crippen molar-refractivity contribution in [3.8, 4) is 0 Å². The molecule has 0 fully saturated rings. The van der Waals surface area contributed by atoms with Gasteiger partial charge in [0, 0.05) is 0 Å². The van der Waals surface area contributed by atoms with Crippen LogP contribution in [0, 0.1) is 93.8 Å². The molecule has 0 saturated carbocycles. The quantitative estimate of drug-likeness (QED) is 0.341. The number of rotatable bonds is 0. The van der Waals surface area contributed by atoms with Crippen molar-refractivity contribution >= 4 is 0 Å². The molecule has 0 N–H and O–H groups in total. The fourth-order valence-corrected chi connectivity index (χ4v) is 0.